The van der Waals surface area contributed by atoms with Gasteiger partial charge in [-0.05, 0) is 48.9 Å². The number of nitrogens with zero attached hydrogens (tertiary/aromatic N) is 2. The van der Waals surface area contributed by atoms with Crippen LogP contribution >= 0.6 is 11.6 Å². The Morgan fingerprint density at radius 3 is 2.73 bits per heavy atom. The lowest BCUT2D eigenvalue weighted by Gasteiger charge is -2.13. The Morgan fingerprint density at radius 1 is 1.15 bits per heavy atom. The van der Waals surface area contributed by atoms with E-state index < -0.39 is 11.9 Å². The van der Waals surface area contributed by atoms with Gasteiger partial charge in [0.05, 0.1) is 40.7 Å². The summed E-state index contributed by atoms with van der Waals surface area (Å²) in [7, 11) is 1.35. The van der Waals surface area contributed by atoms with Crippen LogP contribution < -0.4 is 5.32 Å². The van der Waals surface area contributed by atoms with E-state index >= 15 is 0 Å². The average Bonchev–Trinajstić information content (AvgIpc) is 3.48. The Labute approximate surface area is 196 Å². The molecule has 33 heavy (non-hydrogen) atoms. The van der Waals surface area contributed by atoms with Crippen LogP contribution in [-0.4, -0.2) is 28.5 Å². The second-order valence-corrected chi connectivity index (χ2v) is 7.97. The first kappa shape index (κ1) is 22.6. The third kappa shape index (κ3) is 4.64. The number of unbranched alkanes of at least 4 members (excludes halogenated alkanes) is 2. The van der Waals surface area contributed by atoms with Crippen LogP contribution in [0.15, 0.2) is 59.2 Å². The van der Waals surface area contributed by atoms with Crippen molar-refractivity contribution in [1.82, 2.24) is 9.55 Å². The van der Waals surface area contributed by atoms with Gasteiger partial charge in [-0.15, -0.1) is 0 Å². The molecular weight excluding hydrogens is 442 g/mol. The van der Waals surface area contributed by atoms with Crippen LogP contribution in [0.25, 0.3) is 22.4 Å². The summed E-state index contributed by atoms with van der Waals surface area (Å²) < 4.78 is 12.1. The summed E-state index contributed by atoms with van der Waals surface area (Å²) in [4.78, 5) is 29.3. The predicted octanol–water partition coefficient (Wildman–Crippen LogP) is 6.18. The number of rotatable bonds is 8. The molecular formula is C25H24ClN3O4. The highest BCUT2D eigenvalue weighted by Gasteiger charge is 2.19. The van der Waals surface area contributed by atoms with Gasteiger partial charge in [-0.1, -0.05) is 37.4 Å². The molecule has 7 nitrogen and oxygen atoms in total. The lowest BCUT2D eigenvalue weighted by Crippen LogP contribution is -2.11. The minimum atomic E-state index is -0.417. The fourth-order valence-corrected chi connectivity index (χ4v) is 3.98. The standard InChI is InChI=1S/C25H24ClN3O4/c1-3-4-5-13-29-20-12-11-16(25(31)32-2)15-19(20)27-23(29)17-8-6-9-18(22(17)26)28-24(30)21-10-7-14-33-21/h6-12,14-15H,3-5,13H2,1-2H3,(H,28,30). The number of benzene rings is 2. The predicted molar refractivity (Wildman–Crippen MR) is 128 cm³/mol. The van der Waals surface area contributed by atoms with Gasteiger partial charge in [-0.25, -0.2) is 9.78 Å². The van der Waals surface area contributed by atoms with Crippen LogP contribution in [0.5, 0.6) is 0 Å². The Kier molecular flexibility index (Phi) is 6.79. The monoisotopic (exact) mass is 465 g/mol. The van der Waals surface area contributed by atoms with E-state index in [4.69, 9.17) is 25.7 Å². The maximum atomic E-state index is 12.5. The number of methoxy groups -OCH3 is 1. The van der Waals surface area contributed by atoms with Crippen molar-refractivity contribution in [1.29, 1.82) is 0 Å². The van der Waals surface area contributed by atoms with E-state index in [2.05, 4.69) is 16.8 Å². The van der Waals surface area contributed by atoms with Gasteiger partial charge in [0.1, 0.15) is 5.82 Å². The van der Waals surface area contributed by atoms with Crippen LogP contribution in [0.3, 0.4) is 0 Å². The third-order valence-corrected chi connectivity index (χ3v) is 5.79. The van der Waals surface area contributed by atoms with Crippen LogP contribution in [0, 0.1) is 0 Å². The molecule has 0 unspecified atom stereocenters. The molecule has 0 spiro atoms. The molecule has 2 aromatic carbocycles. The third-order valence-electron chi connectivity index (χ3n) is 5.39. The first-order valence-corrected chi connectivity index (χ1v) is 11.1. The summed E-state index contributed by atoms with van der Waals surface area (Å²) in [6.45, 7) is 2.90. The van der Waals surface area contributed by atoms with Crippen molar-refractivity contribution in [3.05, 3.63) is 71.1 Å². The number of esters is 1. The van der Waals surface area contributed by atoms with Crippen molar-refractivity contribution >= 4 is 40.2 Å². The Hall–Kier alpha value is -3.58. The minimum absolute atomic E-state index is 0.193. The number of imidazole rings is 1. The molecule has 8 heteroatoms. The quantitative estimate of drug-likeness (QED) is 0.248. The molecule has 0 bridgehead atoms. The van der Waals surface area contributed by atoms with Crippen LogP contribution in [0.1, 0.15) is 47.1 Å². The molecule has 2 aromatic heterocycles. The maximum Gasteiger partial charge on any atom is 0.337 e. The number of halogens is 1. The summed E-state index contributed by atoms with van der Waals surface area (Å²) >= 11 is 6.74. The summed E-state index contributed by atoms with van der Waals surface area (Å²) in [6.07, 6.45) is 4.57. The Bertz CT molecular complexity index is 1290. The highest BCUT2D eigenvalue weighted by Crippen LogP contribution is 2.35. The molecule has 1 N–H and O–H groups in total. The number of furan rings is 1. The average molecular weight is 466 g/mol. The smallest absolute Gasteiger partial charge is 0.337 e. The molecule has 4 aromatic rings. The second kappa shape index (κ2) is 9.92. The number of fused-ring (bicyclic) bond motifs is 1. The van der Waals surface area contributed by atoms with Crippen LogP contribution in [-0.2, 0) is 11.3 Å². The largest absolute Gasteiger partial charge is 0.465 e. The van der Waals surface area contributed by atoms with E-state index in [1.165, 1.54) is 13.4 Å². The highest BCUT2D eigenvalue weighted by atomic mass is 35.5. The van der Waals surface area contributed by atoms with Gasteiger partial charge in [-0.2, -0.15) is 0 Å². The molecule has 0 aliphatic carbocycles. The number of anilines is 1. The zero-order chi connectivity index (χ0) is 23.4. The van der Waals surface area contributed by atoms with Gasteiger partial charge in [0.15, 0.2) is 5.76 Å². The molecule has 0 aliphatic rings. The number of carbonyl (C=O) groups is 2. The topological polar surface area (TPSA) is 86.4 Å². The normalized spacial score (nSPS) is 11.0. The fraction of sp³-hybridized carbons (Fsp3) is 0.240. The molecule has 0 fully saturated rings. The van der Waals surface area contributed by atoms with E-state index in [9.17, 15) is 9.59 Å². The molecule has 1 amide bonds. The SMILES string of the molecule is CCCCCn1c(-c2cccc(NC(=O)c3ccco3)c2Cl)nc2cc(C(=O)OC)ccc21. The van der Waals surface area contributed by atoms with E-state index in [0.29, 0.717) is 33.2 Å². The molecule has 0 radical (unpaired) electrons. The number of hydrogen-bond donors (Lipinski definition) is 1. The van der Waals surface area contributed by atoms with E-state index in [0.717, 1.165) is 31.3 Å². The van der Waals surface area contributed by atoms with Crippen LogP contribution in [0.2, 0.25) is 5.02 Å². The fourth-order valence-electron chi connectivity index (χ4n) is 3.72. The first-order valence-electron chi connectivity index (χ1n) is 10.8. The summed E-state index contributed by atoms with van der Waals surface area (Å²) in [6, 6.07) is 14.0. The van der Waals surface area contributed by atoms with Crippen molar-refractivity contribution < 1.29 is 18.7 Å². The second-order valence-electron chi connectivity index (χ2n) is 7.59. The molecule has 4 rings (SSSR count). The number of hydrogen-bond acceptors (Lipinski definition) is 5. The molecule has 170 valence electrons. The number of ether oxygens (including phenoxy) is 1. The van der Waals surface area contributed by atoms with Gasteiger partial charge in [0.2, 0.25) is 0 Å². The van der Waals surface area contributed by atoms with Gasteiger partial charge in [-0.3, -0.25) is 4.79 Å². The minimum Gasteiger partial charge on any atom is -0.465 e. The number of aromatic nitrogens is 2. The van der Waals surface area contributed by atoms with Crippen molar-refractivity contribution in [2.24, 2.45) is 0 Å². The molecule has 2 heterocycles. The number of aryl methyl sites for hydroxylation is 1. The molecule has 0 saturated heterocycles. The number of amides is 1. The lowest BCUT2D eigenvalue weighted by atomic mass is 10.1. The molecule has 0 atom stereocenters. The van der Waals surface area contributed by atoms with E-state index in [1.54, 1.807) is 30.3 Å². The molecule has 0 saturated carbocycles. The van der Waals surface area contributed by atoms with Gasteiger partial charge in [0, 0.05) is 12.1 Å². The van der Waals surface area contributed by atoms with Crippen molar-refractivity contribution in [3.8, 4) is 11.4 Å². The first-order chi connectivity index (χ1) is 16.0. The van der Waals surface area contributed by atoms with Gasteiger partial charge >= 0.3 is 5.97 Å². The molecule has 0 aliphatic heterocycles. The Morgan fingerprint density at radius 2 is 2.00 bits per heavy atom. The zero-order valence-corrected chi connectivity index (χ0v) is 19.2. The van der Waals surface area contributed by atoms with Crippen LogP contribution in [0.4, 0.5) is 5.69 Å². The number of carbonyl (C=O) groups excluding carboxylic acids is 2. The summed E-state index contributed by atoms with van der Waals surface area (Å²) in [5, 5.41) is 3.17. The van der Waals surface area contributed by atoms with E-state index in [-0.39, 0.29) is 5.76 Å². The lowest BCUT2D eigenvalue weighted by molar-refractivity contribution is 0.0600. The highest BCUT2D eigenvalue weighted by molar-refractivity contribution is 6.36. The van der Waals surface area contributed by atoms with Crippen molar-refractivity contribution in [2.45, 2.75) is 32.7 Å². The zero-order valence-electron chi connectivity index (χ0n) is 18.4. The van der Waals surface area contributed by atoms with Crippen molar-refractivity contribution in [3.63, 3.8) is 0 Å². The van der Waals surface area contributed by atoms with Gasteiger partial charge < -0.3 is 19.0 Å². The van der Waals surface area contributed by atoms with Crippen molar-refractivity contribution in [2.75, 3.05) is 12.4 Å². The van der Waals surface area contributed by atoms with E-state index in [1.807, 2.05) is 18.2 Å². The number of nitrogens with one attached hydrogen (secondary N) is 1. The van der Waals surface area contributed by atoms with Gasteiger partial charge in [0.25, 0.3) is 5.91 Å². The maximum absolute atomic E-state index is 12.5. The summed E-state index contributed by atoms with van der Waals surface area (Å²) in [5.74, 6) is 0.0544. The summed E-state index contributed by atoms with van der Waals surface area (Å²) in [5.41, 5.74) is 3.14. The Balaban J connectivity index is 1.78.